The van der Waals surface area contributed by atoms with Crippen molar-refractivity contribution in [2.24, 2.45) is 12.5 Å². The molecule has 0 radical (unpaired) electrons. The third kappa shape index (κ3) is 4.65. The summed E-state index contributed by atoms with van der Waals surface area (Å²) in [7, 11) is 3.28. The van der Waals surface area contributed by atoms with E-state index in [4.69, 9.17) is 4.74 Å². The third-order valence-electron chi connectivity index (χ3n) is 6.25. The van der Waals surface area contributed by atoms with Crippen LogP contribution in [0.1, 0.15) is 38.9 Å². The number of nitrogens with one attached hydrogen (secondary N) is 1. The number of fused-ring (bicyclic) bond motifs is 1. The van der Waals surface area contributed by atoms with E-state index in [1.165, 1.54) is 18.0 Å². The molecule has 0 spiro atoms. The molecule has 3 aromatic heterocycles. The lowest BCUT2D eigenvalue weighted by Crippen LogP contribution is -2.40. The van der Waals surface area contributed by atoms with Gasteiger partial charge in [0, 0.05) is 43.1 Å². The summed E-state index contributed by atoms with van der Waals surface area (Å²) >= 11 is 0. The summed E-state index contributed by atoms with van der Waals surface area (Å²) in [5.74, 6) is -0.578. The maximum absolute atomic E-state index is 12.7. The van der Waals surface area contributed by atoms with Crippen molar-refractivity contribution < 1.29 is 24.5 Å². The van der Waals surface area contributed by atoms with E-state index in [1.54, 1.807) is 42.9 Å². The number of carboxylic acids is 1. The van der Waals surface area contributed by atoms with Crippen molar-refractivity contribution in [3.63, 3.8) is 0 Å². The van der Waals surface area contributed by atoms with Crippen LogP contribution >= 0.6 is 0 Å². The minimum Gasteiger partial charge on any atom is -0.481 e. The van der Waals surface area contributed by atoms with Crippen molar-refractivity contribution in [3.8, 4) is 11.7 Å². The number of benzene rings is 1. The molecule has 0 aliphatic carbocycles. The molecular formula is C25H28N6O5. The van der Waals surface area contributed by atoms with Gasteiger partial charge in [-0.05, 0) is 18.6 Å². The summed E-state index contributed by atoms with van der Waals surface area (Å²) in [6.45, 7) is 3.58. The normalized spacial score (nSPS) is 12.9. The van der Waals surface area contributed by atoms with Crippen LogP contribution in [-0.2, 0) is 13.5 Å². The monoisotopic (exact) mass is 492 g/mol. The lowest BCUT2D eigenvalue weighted by atomic mass is 9.86. The molecule has 11 nitrogen and oxygen atoms in total. The minimum absolute atomic E-state index is 0.130. The van der Waals surface area contributed by atoms with Crippen molar-refractivity contribution in [2.75, 3.05) is 20.3 Å². The van der Waals surface area contributed by atoms with E-state index in [2.05, 4.69) is 20.6 Å². The van der Waals surface area contributed by atoms with E-state index in [0.29, 0.717) is 34.8 Å². The fourth-order valence-electron chi connectivity index (χ4n) is 4.22. The molecule has 0 bridgehead atoms. The Morgan fingerprint density at radius 2 is 2.00 bits per heavy atom. The molecule has 0 saturated carbocycles. The van der Waals surface area contributed by atoms with Crippen LogP contribution in [0.15, 0.2) is 42.7 Å². The van der Waals surface area contributed by atoms with E-state index in [1.807, 2.05) is 19.1 Å². The highest BCUT2D eigenvalue weighted by atomic mass is 16.5. The van der Waals surface area contributed by atoms with Gasteiger partial charge in [0.05, 0.1) is 36.7 Å². The molecule has 0 aliphatic heterocycles. The Hall–Kier alpha value is -4.25. The Bertz CT molecular complexity index is 1440. The molecule has 3 N–H and O–H groups in total. The summed E-state index contributed by atoms with van der Waals surface area (Å²) in [4.78, 5) is 28.9. The fraction of sp³-hybridized carbons (Fsp3) is 0.320. The number of nitrogens with zero attached hydrogens (tertiary/aromatic N) is 5. The maximum atomic E-state index is 12.7. The van der Waals surface area contributed by atoms with Gasteiger partial charge in [-0.2, -0.15) is 0 Å². The minimum atomic E-state index is -1.06. The van der Waals surface area contributed by atoms with Crippen LogP contribution in [0.2, 0.25) is 0 Å². The molecule has 1 atom stereocenters. The number of para-hydroxylation sites is 1. The lowest BCUT2D eigenvalue weighted by Gasteiger charge is -2.26. The Labute approximate surface area is 207 Å². The number of aromatic nitrogens is 5. The Morgan fingerprint density at radius 3 is 2.67 bits per heavy atom. The number of hydrogen-bond donors (Lipinski definition) is 3. The van der Waals surface area contributed by atoms with Gasteiger partial charge in [0.15, 0.2) is 5.82 Å². The SMILES string of the molecule is COc1cc(C)c(C(=O)NCC(C)(CO)Cc2cn(-c3c(C(=O)O)c4ccccc4n3C)nn2)cn1. The second-order valence-corrected chi connectivity index (χ2v) is 9.10. The maximum Gasteiger partial charge on any atom is 0.340 e. The first kappa shape index (κ1) is 24.9. The van der Waals surface area contributed by atoms with Gasteiger partial charge in [0.25, 0.3) is 5.91 Å². The second kappa shape index (κ2) is 9.78. The first-order valence-electron chi connectivity index (χ1n) is 11.3. The second-order valence-electron chi connectivity index (χ2n) is 9.10. The van der Waals surface area contributed by atoms with Gasteiger partial charge in [-0.25, -0.2) is 14.5 Å². The van der Waals surface area contributed by atoms with E-state index < -0.39 is 11.4 Å². The molecular weight excluding hydrogens is 464 g/mol. The Balaban J connectivity index is 1.54. The summed E-state index contributed by atoms with van der Waals surface area (Å²) < 4.78 is 8.27. The molecule has 36 heavy (non-hydrogen) atoms. The number of aliphatic hydroxyl groups is 1. The average Bonchev–Trinajstić information content (AvgIpc) is 3.44. The topological polar surface area (TPSA) is 144 Å². The van der Waals surface area contributed by atoms with Crippen LogP contribution in [-0.4, -0.2) is 66.9 Å². The zero-order valence-corrected chi connectivity index (χ0v) is 20.5. The molecule has 3 heterocycles. The molecule has 1 amide bonds. The van der Waals surface area contributed by atoms with E-state index in [-0.39, 0.29) is 24.6 Å². The van der Waals surface area contributed by atoms with Crippen LogP contribution in [0.3, 0.4) is 0 Å². The fourth-order valence-corrected chi connectivity index (χ4v) is 4.22. The van der Waals surface area contributed by atoms with E-state index in [0.717, 1.165) is 11.1 Å². The number of aromatic carboxylic acids is 1. The predicted octanol–water partition coefficient (Wildman–Crippen LogP) is 2.14. The van der Waals surface area contributed by atoms with Crippen LogP contribution in [0.5, 0.6) is 5.88 Å². The molecule has 4 aromatic rings. The van der Waals surface area contributed by atoms with Gasteiger partial charge in [-0.3, -0.25) is 4.79 Å². The Kier molecular flexibility index (Phi) is 6.75. The highest BCUT2D eigenvalue weighted by Gasteiger charge is 2.28. The highest BCUT2D eigenvalue weighted by Crippen LogP contribution is 2.28. The van der Waals surface area contributed by atoms with Gasteiger partial charge in [0.1, 0.15) is 5.56 Å². The van der Waals surface area contributed by atoms with Gasteiger partial charge in [-0.15, -0.1) is 5.10 Å². The zero-order valence-electron chi connectivity index (χ0n) is 20.5. The van der Waals surface area contributed by atoms with Crippen molar-refractivity contribution in [1.82, 2.24) is 29.9 Å². The number of methoxy groups -OCH3 is 1. The molecule has 0 fully saturated rings. The molecule has 1 aromatic carbocycles. The van der Waals surface area contributed by atoms with Gasteiger partial charge >= 0.3 is 5.97 Å². The van der Waals surface area contributed by atoms with Gasteiger partial charge < -0.3 is 24.8 Å². The zero-order chi connectivity index (χ0) is 26.0. The largest absolute Gasteiger partial charge is 0.481 e. The number of aliphatic hydroxyl groups excluding tert-OH is 1. The van der Waals surface area contributed by atoms with Crippen molar-refractivity contribution in [1.29, 1.82) is 0 Å². The van der Waals surface area contributed by atoms with Crippen LogP contribution in [0, 0.1) is 12.3 Å². The number of rotatable bonds is 9. The smallest absolute Gasteiger partial charge is 0.340 e. The summed E-state index contributed by atoms with van der Waals surface area (Å²) in [5, 5.41) is 31.8. The third-order valence-corrected chi connectivity index (χ3v) is 6.25. The number of carboxylic acid groups (broad SMARTS) is 1. The lowest BCUT2D eigenvalue weighted by molar-refractivity contribution is 0.0698. The molecule has 4 rings (SSSR count). The molecule has 11 heteroatoms. The summed E-state index contributed by atoms with van der Waals surface area (Å²) in [6.07, 6.45) is 3.40. The molecule has 188 valence electrons. The summed E-state index contributed by atoms with van der Waals surface area (Å²) in [5.41, 5.74) is 1.83. The Morgan fingerprint density at radius 1 is 1.25 bits per heavy atom. The van der Waals surface area contributed by atoms with Crippen molar-refractivity contribution in [3.05, 3.63) is 65.1 Å². The van der Waals surface area contributed by atoms with Crippen LogP contribution < -0.4 is 10.1 Å². The first-order valence-corrected chi connectivity index (χ1v) is 11.3. The number of pyridine rings is 1. The number of amides is 1. The first-order chi connectivity index (χ1) is 17.2. The molecule has 0 aliphatic rings. The summed E-state index contributed by atoms with van der Waals surface area (Å²) in [6, 6.07) is 8.90. The standard InChI is InChI=1S/C25H28N6O5/c1-15-9-20(36-4)26-11-18(15)22(33)27-13-25(2,14-32)10-16-12-31(29-28-16)23-21(24(34)35)17-7-5-6-8-19(17)30(23)3/h5-9,11-12,32H,10,13-14H2,1-4H3,(H,27,33)(H,34,35). The quantitative estimate of drug-likeness (QED) is 0.322. The van der Waals surface area contributed by atoms with Gasteiger partial charge in [0.2, 0.25) is 5.88 Å². The predicted molar refractivity (Wildman–Crippen MR) is 132 cm³/mol. The van der Waals surface area contributed by atoms with Crippen LogP contribution in [0.25, 0.3) is 16.7 Å². The number of carbonyl (C=O) groups excluding carboxylic acids is 1. The molecule has 0 saturated heterocycles. The highest BCUT2D eigenvalue weighted by molar-refractivity contribution is 6.07. The van der Waals surface area contributed by atoms with Crippen molar-refractivity contribution in [2.45, 2.75) is 20.3 Å². The number of hydrogen-bond acceptors (Lipinski definition) is 7. The van der Waals surface area contributed by atoms with Crippen LogP contribution in [0.4, 0.5) is 0 Å². The van der Waals surface area contributed by atoms with Crippen molar-refractivity contribution >= 4 is 22.8 Å². The number of ether oxygens (including phenoxy) is 1. The van der Waals surface area contributed by atoms with E-state index in [9.17, 15) is 19.8 Å². The van der Waals surface area contributed by atoms with E-state index >= 15 is 0 Å². The molecule has 1 unspecified atom stereocenters. The number of carbonyl (C=O) groups is 2. The van der Waals surface area contributed by atoms with Gasteiger partial charge in [-0.1, -0.05) is 30.3 Å². The number of aryl methyl sites for hydroxylation is 2. The average molecular weight is 493 g/mol.